The van der Waals surface area contributed by atoms with E-state index in [9.17, 15) is 0 Å². The van der Waals surface area contributed by atoms with Gasteiger partial charge in [-0.1, -0.05) is 36.1 Å². The van der Waals surface area contributed by atoms with Crippen molar-refractivity contribution in [3.05, 3.63) is 48.3 Å². The van der Waals surface area contributed by atoms with E-state index in [0.717, 1.165) is 11.4 Å². The lowest BCUT2D eigenvalue weighted by Gasteiger charge is -2.09. The minimum atomic E-state index is 0.568. The zero-order chi connectivity index (χ0) is 15.5. The molecule has 23 heavy (non-hydrogen) atoms. The van der Waals surface area contributed by atoms with E-state index < -0.39 is 0 Å². The van der Waals surface area contributed by atoms with Crippen molar-refractivity contribution in [3.8, 4) is 5.69 Å². The normalized spacial score (nSPS) is 15.1. The number of nitrogens with zero attached hydrogens (tertiary/aromatic N) is 6. The number of para-hydroxylation sites is 1. The van der Waals surface area contributed by atoms with Gasteiger partial charge in [0.05, 0.1) is 24.0 Å². The first-order valence-electron chi connectivity index (χ1n) is 8.02. The molecule has 1 aromatic carbocycles. The fourth-order valence-corrected chi connectivity index (χ4v) is 3.05. The van der Waals surface area contributed by atoms with Crippen LogP contribution >= 0.6 is 0 Å². The molecule has 0 unspecified atom stereocenters. The number of benzene rings is 1. The summed E-state index contributed by atoms with van der Waals surface area (Å²) in [5, 5.41) is 19.8. The van der Waals surface area contributed by atoms with Gasteiger partial charge in [-0.2, -0.15) is 9.78 Å². The highest BCUT2D eigenvalue weighted by Gasteiger charge is 2.17. The van der Waals surface area contributed by atoms with E-state index in [0.29, 0.717) is 18.5 Å². The summed E-state index contributed by atoms with van der Waals surface area (Å²) in [7, 11) is 0. The Balaban J connectivity index is 1.45. The molecule has 4 rings (SSSR count). The number of aromatic nitrogens is 6. The van der Waals surface area contributed by atoms with E-state index in [1.165, 1.54) is 25.7 Å². The van der Waals surface area contributed by atoms with Crippen LogP contribution in [0.1, 0.15) is 37.4 Å². The van der Waals surface area contributed by atoms with Crippen LogP contribution in [0.5, 0.6) is 0 Å². The highest BCUT2D eigenvalue weighted by Crippen LogP contribution is 2.28. The van der Waals surface area contributed by atoms with Gasteiger partial charge >= 0.3 is 0 Å². The van der Waals surface area contributed by atoms with Gasteiger partial charge in [-0.15, -0.1) is 0 Å². The summed E-state index contributed by atoms with van der Waals surface area (Å²) in [6.07, 6.45) is 7.17. The van der Waals surface area contributed by atoms with E-state index >= 15 is 0 Å². The quantitative estimate of drug-likeness (QED) is 0.784. The van der Waals surface area contributed by atoms with Gasteiger partial charge in [0.15, 0.2) is 0 Å². The van der Waals surface area contributed by atoms with Crippen LogP contribution in [0.4, 0.5) is 5.95 Å². The second kappa shape index (κ2) is 6.20. The number of rotatable bonds is 5. The third kappa shape index (κ3) is 2.94. The van der Waals surface area contributed by atoms with Crippen LogP contribution in [0.25, 0.3) is 5.69 Å². The lowest BCUT2D eigenvalue weighted by Crippen LogP contribution is -2.09. The molecular weight excluding hydrogens is 290 g/mol. The monoisotopic (exact) mass is 309 g/mol. The Morgan fingerprint density at radius 1 is 1.09 bits per heavy atom. The lowest BCUT2D eigenvalue weighted by molar-refractivity contribution is 0.463. The summed E-state index contributed by atoms with van der Waals surface area (Å²) in [4.78, 5) is 0. The average Bonchev–Trinajstić information content (AvgIpc) is 3.33. The fourth-order valence-electron chi connectivity index (χ4n) is 3.05. The first kappa shape index (κ1) is 13.9. The van der Waals surface area contributed by atoms with Gasteiger partial charge in [0.2, 0.25) is 5.95 Å². The average molecular weight is 309 g/mol. The molecule has 1 saturated carbocycles. The van der Waals surface area contributed by atoms with Crippen LogP contribution in [0, 0.1) is 0 Å². The Morgan fingerprint density at radius 2 is 1.91 bits per heavy atom. The smallest absolute Gasteiger partial charge is 0.248 e. The fraction of sp³-hybridized carbons (Fsp3) is 0.375. The number of hydrogen-bond acceptors (Lipinski definition) is 5. The summed E-state index contributed by atoms with van der Waals surface area (Å²) in [5.41, 5.74) is 1.93. The molecular formula is C16H19N7. The molecule has 1 aliphatic carbocycles. The molecule has 1 aliphatic rings. The van der Waals surface area contributed by atoms with E-state index in [2.05, 4.69) is 42.9 Å². The molecule has 0 amide bonds. The highest BCUT2D eigenvalue weighted by molar-refractivity contribution is 5.38. The minimum Gasteiger partial charge on any atom is -0.347 e. The van der Waals surface area contributed by atoms with E-state index in [1.54, 1.807) is 4.68 Å². The van der Waals surface area contributed by atoms with Gasteiger partial charge in [0.1, 0.15) is 0 Å². The van der Waals surface area contributed by atoms with E-state index in [-0.39, 0.29) is 0 Å². The number of nitrogens with one attached hydrogen (secondary N) is 1. The zero-order valence-electron chi connectivity index (χ0n) is 12.8. The maximum atomic E-state index is 4.67. The predicted molar refractivity (Wildman–Crippen MR) is 86.2 cm³/mol. The van der Waals surface area contributed by atoms with Crippen LogP contribution in [-0.2, 0) is 6.54 Å². The molecule has 0 spiro atoms. The van der Waals surface area contributed by atoms with Crippen LogP contribution in [0.3, 0.4) is 0 Å². The lowest BCUT2D eigenvalue weighted by atomic mass is 10.3. The molecule has 3 aromatic rings. The SMILES string of the molecule is c1ccc(-n2nnnc2NCc2ccn(C3CCCC3)n2)cc1. The van der Waals surface area contributed by atoms with Crippen LogP contribution in [0.15, 0.2) is 42.6 Å². The van der Waals surface area contributed by atoms with Gasteiger partial charge in [-0.25, -0.2) is 0 Å². The second-order valence-corrected chi connectivity index (χ2v) is 5.83. The van der Waals surface area contributed by atoms with Crippen LogP contribution < -0.4 is 5.32 Å². The molecule has 2 heterocycles. The van der Waals surface area contributed by atoms with E-state index in [1.807, 2.05) is 30.3 Å². The Bertz CT molecular complexity index is 756. The highest BCUT2D eigenvalue weighted by atomic mass is 15.6. The number of hydrogen-bond donors (Lipinski definition) is 1. The largest absolute Gasteiger partial charge is 0.347 e. The maximum Gasteiger partial charge on any atom is 0.248 e. The van der Waals surface area contributed by atoms with Crippen LogP contribution in [0.2, 0.25) is 0 Å². The topological polar surface area (TPSA) is 73.5 Å². The molecule has 0 radical (unpaired) electrons. The molecule has 7 nitrogen and oxygen atoms in total. The summed E-state index contributed by atoms with van der Waals surface area (Å²) in [6.45, 7) is 0.604. The van der Waals surface area contributed by atoms with Gasteiger partial charge < -0.3 is 5.32 Å². The summed E-state index contributed by atoms with van der Waals surface area (Å²) in [5.74, 6) is 0.617. The summed E-state index contributed by atoms with van der Waals surface area (Å²) >= 11 is 0. The van der Waals surface area contributed by atoms with Crippen molar-refractivity contribution in [3.63, 3.8) is 0 Å². The summed E-state index contributed by atoms with van der Waals surface area (Å²) < 4.78 is 3.79. The number of tetrazole rings is 1. The van der Waals surface area contributed by atoms with Crippen molar-refractivity contribution in [1.29, 1.82) is 0 Å². The number of anilines is 1. The molecule has 1 N–H and O–H groups in total. The van der Waals surface area contributed by atoms with Crippen molar-refractivity contribution in [2.75, 3.05) is 5.32 Å². The van der Waals surface area contributed by atoms with Crippen molar-refractivity contribution in [2.45, 2.75) is 38.3 Å². The Labute approximate surface area is 134 Å². The zero-order valence-corrected chi connectivity index (χ0v) is 12.8. The molecule has 1 fully saturated rings. The Morgan fingerprint density at radius 3 is 2.74 bits per heavy atom. The first-order valence-corrected chi connectivity index (χ1v) is 8.02. The Kier molecular flexibility index (Phi) is 3.75. The van der Waals surface area contributed by atoms with Gasteiger partial charge in [-0.3, -0.25) is 4.68 Å². The molecule has 0 atom stereocenters. The molecule has 0 bridgehead atoms. The van der Waals surface area contributed by atoms with E-state index in [4.69, 9.17) is 0 Å². The minimum absolute atomic E-state index is 0.568. The third-order valence-corrected chi connectivity index (χ3v) is 4.26. The van der Waals surface area contributed by atoms with Crippen molar-refractivity contribution < 1.29 is 0 Å². The molecule has 118 valence electrons. The first-order chi connectivity index (χ1) is 11.4. The van der Waals surface area contributed by atoms with Crippen molar-refractivity contribution in [1.82, 2.24) is 30.0 Å². The third-order valence-electron chi connectivity index (χ3n) is 4.26. The van der Waals surface area contributed by atoms with Gasteiger partial charge in [0.25, 0.3) is 0 Å². The Hall–Kier alpha value is -2.70. The molecule has 7 heteroatoms. The second-order valence-electron chi connectivity index (χ2n) is 5.83. The standard InChI is InChI=1S/C16H19N7/c1-2-8-15(9-3-1)23-16(18-20-21-23)17-12-13-10-11-22(19-13)14-6-4-5-7-14/h1-3,8-11,14H,4-7,12H2,(H,17,18,21). The predicted octanol–water partition coefficient (Wildman–Crippen LogP) is 2.59. The van der Waals surface area contributed by atoms with Crippen LogP contribution in [-0.4, -0.2) is 30.0 Å². The molecule has 0 saturated heterocycles. The van der Waals surface area contributed by atoms with Crippen molar-refractivity contribution >= 4 is 5.95 Å². The van der Waals surface area contributed by atoms with Gasteiger partial charge in [-0.05, 0) is 41.5 Å². The molecule has 2 aromatic heterocycles. The molecule has 0 aliphatic heterocycles. The maximum absolute atomic E-state index is 4.67. The van der Waals surface area contributed by atoms with Crippen molar-refractivity contribution in [2.24, 2.45) is 0 Å². The summed E-state index contributed by atoms with van der Waals surface area (Å²) in [6, 6.07) is 12.5. The van der Waals surface area contributed by atoms with Gasteiger partial charge in [0, 0.05) is 6.20 Å².